The number of alkyl halides is 1. The van der Waals surface area contributed by atoms with Gasteiger partial charge in [-0.1, -0.05) is 18.2 Å². The molecule has 0 aliphatic heterocycles. The molecule has 0 heterocycles. The van der Waals surface area contributed by atoms with Crippen LogP contribution in [0.15, 0.2) is 30.3 Å². The molecule has 18 heavy (non-hydrogen) atoms. The van der Waals surface area contributed by atoms with Crippen molar-refractivity contribution in [3.05, 3.63) is 51.6 Å². The molecule has 0 bridgehead atoms. The summed E-state index contributed by atoms with van der Waals surface area (Å²) < 4.78 is 0. The minimum Gasteiger partial charge on any atom is -0.258 e. The van der Waals surface area contributed by atoms with Crippen LogP contribution in [0.1, 0.15) is 23.5 Å². The SMILES string of the molecule is O=[N+]([O-])c1cc2c(c3ccccc13)C(CCl)CC2. The van der Waals surface area contributed by atoms with Gasteiger partial charge in [-0.3, -0.25) is 10.1 Å². The molecule has 3 rings (SSSR count). The maximum atomic E-state index is 11.1. The summed E-state index contributed by atoms with van der Waals surface area (Å²) in [4.78, 5) is 10.9. The number of fused-ring (bicyclic) bond motifs is 3. The molecule has 0 saturated heterocycles. The Bertz CT molecular complexity index is 639. The highest BCUT2D eigenvalue weighted by molar-refractivity contribution is 6.18. The van der Waals surface area contributed by atoms with Gasteiger partial charge in [0.15, 0.2) is 0 Å². The van der Waals surface area contributed by atoms with Gasteiger partial charge in [0.25, 0.3) is 5.69 Å². The molecule has 0 N–H and O–H groups in total. The lowest BCUT2D eigenvalue weighted by atomic mass is 9.95. The summed E-state index contributed by atoms with van der Waals surface area (Å²) in [6.45, 7) is 0. The van der Waals surface area contributed by atoms with Gasteiger partial charge in [0.05, 0.1) is 10.3 Å². The van der Waals surface area contributed by atoms with E-state index in [2.05, 4.69) is 0 Å². The van der Waals surface area contributed by atoms with Gasteiger partial charge in [0, 0.05) is 11.9 Å². The van der Waals surface area contributed by atoms with E-state index in [-0.39, 0.29) is 10.6 Å². The van der Waals surface area contributed by atoms with E-state index in [4.69, 9.17) is 11.6 Å². The van der Waals surface area contributed by atoms with Gasteiger partial charge < -0.3 is 0 Å². The first-order chi connectivity index (χ1) is 8.72. The van der Waals surface area contributed by atoms with E-state index in [0.717, 1.165) is 29.2 Å². The van der Waals surface area contributed by atoms with Crippen molar-refractivity contribution < 1.29 is 4.92 Å². The molecule has 0 radical (unpaired) electrons. The fourth-order valence-corrected chi connectivity index (χ4v) is 3.21. The van der Waals surface area contributed by atoms with Crippen molar-refractivity contribution in [1.29, 1.82) is 0 Å². The van der Waals surface area contributed by atoms with E-state index in [0.29, 0.717) is 11.8 Å². The Kier molecular flexibility index (Phi) is 2.71. The van der Waals surface area contributed by atoms with Crippen LogP contribution in [0.5, 0.6) is 0 Å². The third-order valence-corrected chi connectivity index (χ3v) is 4.08. The third kappa shape index (κ3) is 1.58. The van der Waals surface area contributed by atoms with Crippen molar-refractivity contribution in [2.45, 2.75) is 18.8 Å². The number of nitro groups is 1. The first kappa shape index (κ1) is 11.5. The Morgan fingerprint density at radius 3 is 2.72 bits per heavy atom. The molecule has 2 aromatic carbocycles. The summed E-state index contributed by atoms with van der Waals surface area (Å²) in [5.74, 6) is 0.904. The van der Waals surface area contributed by atoms with Crippen molar-refractivity contribution in [1.82, 2.24) is 0 Å². The Morgan fingerprint density at radius 1 is 1.33 bits per heavy atom. The zero-order valence-corrected chi connectivity index (χ0v) is 10.5. The van der Waals surface area contributed by atoms with Crippen LogP contribution in [0.2, 0.25) is 0 Å². The van der Waals surface area contributed by atoms with Crippen molar-refractivity contribution in [2.24, 2.45) is 0 Å². The minimum atomic E-state index is -0.295. The number of benzene rings is 2. The molecule has 0 amide bonds. The summed E-state index contributed by atoms with van der Waals surface area (Å²) in [7, 11) is 0. The smallest absolute Gasteiger partial charge is 0.258 e. The fraction of sp³-hybridized carbons (Fsp3) is 0.286. The highest BCUT2D eigenvalue weighted by Gasteiger charge is 2.27. The lowest BCUT2D eigenvalue weighted by Crippen LogP contribution is -1.98. The molecular formula is C14H12ClNO2. The lowest BCUT2D eigenvalue weighted by molar-refractivity contribution is -0.383. The molecule has 4 heteroatoms. The number of halogens is 1. The van der Waals surface area contributed by atoms with E-state index in [9.17, 15) is 10.1 Å². The molecule has 1 unspecified atom stereocenters. The Morgan fingerprint density at radius 2 is 2.06 bits per heavy atom. The highest BCUT2D eigenvalue weighted by Crippen LogP contribution is 2.42. The molecule has 2 aromatic rings. The highest BCUT2D eigenvalue weighted by atomic mass is 35.5. The number of nitro benzene ring substituents is 1. The second-order valence-corrected chi connectivity index (χ2v) is 4.97. The quantitative estimate of drug-likeness (QED) is 0.466. The standard InChI is InChI=1S/C14H12ClNO2/c15-8-10-6-5-9-7-13(16(17)18)11-3-1-2-4-12(11)14(9)10/h1-4,7,10H,5-6,8H2. The van der Waals surface area contributed by atoms with E-state index in [1.807, 2.05) is 24.3 Å². The number of hydrogen-bond donors (Lipinski definition) is 0. The minimum absolute atomic E-state index is 0.208. The zero-order valence-electron chi connectivity index (χ0n) is 9.73. The predicted molar refractivity (Wildman–Crippen MR) is 72.4 cm³/mol. The summed E-state index contributed by atoms with van der Waals surface area (Å²) >= 11 is 6.00. The molecule has 0 saturated carbocycles. The predicted octanol–water partition coefficient (Wildman–Crippen LogP) is 4.02. The van der Waals surface area contributed by atoms with Gasteiger partial charge in [0.1, 0.15) is 0 Å². The second-order valence-electron chi connectivity index (χ2n) is 4.66. The molecular weight excluding hydrogens is 250 g/mol. The maximum Gasteiger partial charge on any atom is 0.277 e. The summed E-state index contributed by atoms with van der Waals surface area (Å²) in [5.41, 5.74) is 2.51. The average Bonchev–Trinajstić information content (AvgIpc) is 2.80. The first-order valence-electron chi connectivity index (χ1n) is 5.97. The molecule has 0 aromatic heterocycles. The Balaban J connectivity index is 2.38. The van der Waals surface area contributed by atoms with E-state index < -0.39 is 0 Å². The van der Waals surface area contributed by atoms with Gasteiger partial charge in [0.2, 0.25) is 0 Å². The molecule has 3 nitrogen and oxygen atoms in total. The summed E-state index contributed by atoms with van der Waals surface area (Å²) in [6.07, 6.45) is 1.88. The van der Waals surface area contributed by atoms with E-state index in [1.54, 1.807) is 6.07 Å². The average molecular weight is 262 g/mol. The van der Waals surface area contributed by atoms with Crippen molar-refractivity contribution in [2.75, 3.05) is 5.88 Å². The van der Waals surface area contributed by atoms with Crippen LogP contribution in [0, 0.1) is 10.1 Å². The van der Waals surface area contributed by atoms with Crippen molar-refractivity contribution in [3.63, 3.8) is 0 Å². The van der Waals surface area contributed by atoms with Crippen LogP contribution in [0.4, 0.5) is 5.69 Å². The topological polar surface area (TPSA) is 43.1 Å². The van der Waals surface area contributed by atoms with E-state index >= 15 is 0 Å². The van der Waals surface area contributed by atoms with Gasteiger partial charge in [-0.2, -0.15) is 0 Å². The Labute approximate surface area is 110 Å². The molecule has 0 spiro atoms. The molecule has 1 aliphatic rings. The molecule has 0 fully saturated rings. The van der Waals surface area contributed by atoms with Gasteiger partial charge in [-0.05, 0) is 41.3 Å². The van der Waals surface area contributed by atoms with Gasteiger partial charge in [-0.25, -0.2) is 0 Å². The van der Waals surface area contributed by atoms with Crippen LogP contribution >= 0.6 is 11.6 Å². The molecule has 1 atom stereocenters. The number of nitrogens with zero attached hydrogens (tertiary/aromatic N) is 1. The van der Waals surface area contributed by atoms with E-state index in [1.165, 1.54) is 5.56 Å². The van der Waals surface area contributed by atoms with Crippen molar-refractivity contribution in [3.8, 4) is 0 Å². The van der Waals surface area contributed by atoms with Crippen LogP contribution in [0.25, 0.3) is 10.8 Å². The number of aryl methyl sites for hydroxylation is 1. The number of hydrogen-bond acceptors (Lipinski definition) is 2. The van der Waals surface area contributed by atoms with Crippen molar-refractivity contribution >= 4 is 28.1 Å². The Hall–Kier alpha value is -1.61. The van der Waals surface area contributed by atoms with Crippen LogP contribution in [-0.2, 0) is 6.42 Å². The first-order valence-corrected chi connectivity index (χ1v) is 6.50. The maximum absolute atomic E-state index is 11.1. The van der Waals surface area contributed by atoms with Crippen LogP contribution in [0.3, 0.4) is 0 Å². The van der Waals surface area contributed by atoms with Crippen LogP contribution in [-0.4, -0.2) is 10.8 Å². The number of rotatable bonds is 2. The summed E-state index contributed by atoms with van der Waals surface area (Å²) in [5, 5.41) is 12.9. The largest absolute Gasteiger partial charge is 0.277 e. The summed E-state index contributed by atoms with van der Waals surface area (Å²) in [6, 6.07) is 9.27. The monoisotopic (exact) mass is 261 g/mol. The normalized spacial score (nSPS) is 17.9. The lowest BCUT2D eigenvalue weighted by Gasteiger charge is -2.11. The van der Waals surface area contributed by atoms with Crippen LogP contribution < -0.4 is 0 Å². The van der Waals surface area contributed by atoms with Gasteiger partial charge >= 0.3 is 0 Å². The molecule has 92 valence electrons. The third-order valence-electron chi connectivity index (χ3n) is 3.70. The van der Waals surface area contributed by atoms with Gasteiger partial charge in [-0.15, -0.1) is 11.6 Å². The second kappa shape index (κ2) is 4.25. The molecule has 1 aliphatic carbocycles. The fourth-order valence-electron chi connectivity index (χ4n) is 2.90. The zero-order chi connectivity index (χ0) is 12.7. The number of non-ortho nitro benzene ring substituents is 1.